The summed E-state index contributed by atoms with van der Waals surface area (Å²) in [6, 6.07) is 0. The number of hydrogen-bond donors (Lipinski definition) is 0. The average molecular weight is 137 g/mol. The second-order valence-corrected chi connectivity index (χ2v) is 2.51. The Morgan fingerprint density at radius 2 is 2.25 bits per heavy atom. The Hall–Kier alpha value is 0.250. The summed E-state index contributed by atoms with van der Waals surface area (Å²) in [5.41, 5.74) is 0. The van der Waals surface area contributed by atoms with Crippen molar-refractivity contribution in [2.45, 2.75) is 25.6 Å². The molecule has 2 heteroatoms. The molecule has 50 valence electrons. The first-order valence-electron chi connectivity index (χ1n) is 2.99. The Balaban J connectivity index is 2.72. The Bertz CT molecular complexity index is 45.8. The van der Waals surface area contributed by atoms with E-state index in [1.165, 1.54) is 0 Å². The van der Waals surface area contributed by atoms with Crippen molar-refractivity contribution >= 4 is 11.6 Å². The summed E-state index contributed by atoms with van der Waals surface area (Å²) in [6.07, 6.45) is 0.954. The molecule has 0 rings (SSSR count). The number of alkyl halides is 1. The molecule has 0 radical (unpaired) electrons. The van der Waals surface area contributed by atoms with Gasteiger partial charge in [-0.2, -0.15) is 0 Å². The van der Waals surface area contributed by atoms with Gasteiger partial charge in [0.1, 0.15) is 0 Å². The zero-order valence-corrected chi connectivity index (χ0v) is 6.24. The third-order valence-electron chi connectivity index (χ3n) is 0.864. The monoisotopic (exact) mass is 136 g/mol. The first kappa shape index (κ1) is 8.25. The molecule has 0 saturated heterocycles. The minimum atomic E-state index is 0.251. The minimum Gasteiger partial charge on any atom is -0.382 e. The summed E-state index contributed by atoms with van der Waals surface area (Å²) >= 11 is 5.63. The molecule has 0 heterocycles. The van der Waals surface area contributed by atoms with E-state index in [1.54, 1.807) is 0 Å². The molecule has 0 amide bonds. The third-order valence-corrected chi connectivity index (χ3v) is 1.08. The summed E-state index contributed by atoms with van der Waals surface area (Å²) in [7, 11) is 0. The Labute approximate surface area is 56.0 Å². The van der Waals surface area contributed by atoms with Gasteiger partial charge in [-0.05, 0) is 20.3 Å². The summed E-state index contributed by atoms with van der Waals surface area (Å²) in [6.45, 7) is 5.55. The van der Waals surface area contributed by atoms with Gasteiger partial charge in [0, 0.05) is 18.6 Å². The number of ether oxygens (including phenoxy) is 1. The normalized spacial score (nSPS) is 13.9. The highest BCUT2D eigenvalue weighted by Gasteiger charge is 1.92. The van der Waals surface area contributed by atoms with Gasteiger partial charge in [-0.3, -0.25) is 0 Å². The zero-order valence-electron chi connectivity index (χ0n) is 5.48. The predicted molar refractivity (Wildman–Crippen MR) is 36.4 cm³/mol. The molecule has 0 aromatic carbocycles. The zero-order chi connectivity index (χ0) is 6.41. The molecule has 1 unspecified atom stereocenters. The molecule has 1 nitrogen and oxygen atoms in total. The van der Waals surface area contributed by atoms with Crippen LogP contribution in [0.5, 0.6) is 0 Å². The fourth-order valence-electron chi connectivity index (χ4n) is 0.390. The van der Waals surface area contributed by atoms with Crippen molar-refractivity contribution in [2.75, 3.05) is 13.2 Å². The topological polar surface area (TPSA) is 9.23 Å². The van der Waals surface area contributed by atoms with E-state index < -0.39 is 0 Å². The lowest BCUT2D eigenvalue weighted by Gasteiger charge is -2.00. The van der Waals surface area contributed by atoms with Crippen LogP contribution in [0.4, 0.5) is 0 Å². The number of hydrogen-bond acceptors (Lipinski definition) is 1. The molecule has 0 aromatic heterocycles. The maximum absolute atomic E-state index is 5.63. The molecule has 0 spiro atoms. The van der Waals surface area contributed by atoms with E-state index in [0.29, 0.717) is 0 Å². The van der Waals surface area contributed by atoms with Crippen LogP contribution < -0.4 is 0 Å². The van der Waals surface area contributed by atoms with Gasteiger partial charge >= 0.3 is 0 Å². The molecule has 1 atom stereocenters. The lowest BCUT2D eigenvalue weighted by atomic mass is 10.3. The molecular formula is C6H13ClO. The highest BCUT2D eigenvalue weighted by Crippen LogP contribution is 1.98. The van der Waals surface area contributed by atoms with Crippen LogP contribution in [0.1, 0.15) is 20.3 Å². The molecule has 0 aliphatic rings. The molecule has 0 bridgehead atoms. The molecule has 0 aliphatic heterocycles. The summed E-state index contributed by atoms with van der Waals surface area (Å²) < 4.78 is 5.06. The molecular weight excluding hydrogens is 124 g/mol. The molecule has 8 heavy (non-hydrogen) atoms. The SMILES string of the molecule is CCOCCC(C)Cl. The molecule has 0 aliphatic carbocycles. The second-order valence-electron chi connectivity index (χ2n) is 1.77. The lowest BCUT2D eigenvalue weighted by Crippen LogP contribution is -1.99. The Morgan fingerprint density at radius 1 is 1.62 bits per heavy atom. The summed E-state index contributed by atoms with van der Waals surface area (Å²) in [4.78, 5) is 0. The fraction of sp³-hybridized carbons (Fsp3) is 1.00. The maximum Gasteiger partial charge on any atom is 0.0479 e. The van der Waals surface area contributed by atoms with Crippen LogP contribution in [-0.4, -0.2) is 18.6 Å². The van der Waals surface area contributed by atoms with Crippen LogP contribution in [-0.2, 0) is 4.74 Å². The van der Waals surface area contributed by atoms with Crippen LogP contribution in [0.15, 0.2) is 0 Å². The van der Waals surface area contributed by atoms with Gasteiger partial charge in [-0.1, -0.05) is 0 Å². The van der Waals surface area contributed by atoms with Crippen LogP contribution in [0, 0.1) is 0 Å². The van der Waals surface area contributed by atoms with Crippen LogP contribution in [0.25, 0.3) is 0 Å². The van der Waals surface area contributed by atoms with Crippen LogP contribution in [0.2, 0.25) is 0 Å². The molecule has 0 saturated carbocycles. The van der Waals surface area contributed by atoms with E-state index in [1.807, 2.05) is 13.8 Å². The second kappa shape index (κ2) is 5.39. The first-order valence-corrected chi connectivity index (χ1v) is 3.42. The fourth-order valence-corrected chi connectivity index (χ4v) is 0.479. The van der Waals surface area contributed by atoms with E-state index >= 15 is 0 Å². The van der Waals surface area contributed by atoms with Gasteiger partial charge in [0.05, 0.1) is 0 Å². The smallest absolute Gasteiger partial charge is 0.0479 e. The predicted octanol–water partition coefficient (Wildman–Crippen LogP) is 2.04. The van der Waals surface area contributed by atoms with Gasteiger partial charge in [0.2, 0.25) is 0 Å². The largest absolute Gasteiger partial charge is 0.382 e. The number of rotatable bonds is 4. The van der Waals surface area contributed by atoms with Gasteiger partial charge in [-0.25, -0.2) is 0 Å². The quantitative estimate of drug-likeness (QED) is 0.425. The average Bonchev–Trinajstić information content (AvgIpc) is 1.66. The van der Waals surface area contributed by atoms with Crippen LogP contribution >= 0.6 is 11.6 Å². The van der Waals surface area contributed by atoms with Crippen molar-refractivity contribution in [3.8, 4) is 0 Å². The number of halogens is 1. The van der Waals surface area contributed by atoms with Gasteiger partial charge in [0.15, 0.2) is 0 Å². The molecule has 0 aromatic rings. The highest BCUT2D eigenvalue weighted by atomic mass is 35.5. The van der Waals surface area contributed by atoms with E-state index in [9.17, 15) is 0 Å². The van der Waals surface area contributed by atoms with Gasteiger partial charge in [0.25, 0.3) is 0 Å². The first-order chi connectivity index (χ1) is 3.77. The summed E-state index contributed by atoms with van der Waals surface area (Å²) in [5.74, 6) is 0. The van der Waals surface area contributed by atoms with Crippen molar-refractivity contribution in [1.29, 1.82) is 0 Å². The lowest BCUT2D eigenvalue weighted by molar-refractivity contribution is 0.145. The van der Waals surface area contributed by atoms with Crippen molar-refractivity contribution in [1.82, 2.24) is 0 Å². The van der Waals surface area contributed by atoms with Crippen molar-refractivity contribution in [2.24, 2.45) is 0 Å². The standard InChI is InChI=1S/C6H13ClO/c1-3-8-5-4-6(2)7/h6H,3-5H2,1-2H3. The van der Waals surface area contributed by atoms with Crippen molar-refractivity contribution < 1.29 is 4.74 Å². The minimum absolute atomic E-state index is 0.251. The van der Waals surface area contributed by atoms with Crippen LogP contribution in [0.3, 0.4) is 0 Å². The Kier molecular flexibility index (Phi) is 5.56. The van der Waals surface area contributed by atoms with Crippen molar-refractivity contribution in [3.05, 3.63) is 0 Å². The van der Waals surface area contributed by atoms with E-state index in [2.05, 4.69) is 0 Å². The van der Waals surface area contributed by atoms with E-state index in [4.69, 9.17) is 16.3 Å². The summed E-state index contributed by atoms with van der Waals surface area (Å²) in [5, 5.41) is 0.251. The Morgan fingerprint density at radius 3 is 2.62 bits per heavy atom. The van der Waals surface area contributed by atoms with Gasteiger partial charge < -0.3 is 4.74 Å². The third kappa shape index (κ3) is 6.25. The van der Waals surface area contributed by atoms with Crippen molar-refractivity contribution in [3.63, 3.8) is 0 Å². The molecule has 0 N–H and O–H groups in total. The highest BCUT2D eigenvalue weighted by molar-refractivity contribution is 6.20. The van der Waals surface area contributed by atoms with E-state index in [-0.39, 0.29) is 5.38 Å². The van der Waals surface area contributed by atoms with Gasteiger partial charge in [-0.15, -0.1) is 11.6 Å². The maximum atomic E-state index is 5.63. The molecule has 0 fully saturated rings. The van der Waals surface area contributed by atoms with E-state index in [0.717, 1.165) is 19.6 Å².